The smallest absolute Gasteiger partial charge is 0.135 e. The lowest BCUT2D eigenvalue weighted by atomic mass is 10.1. The van der Waals surface area contributed by atoms with Gasteiger partial charge in [-0.1, -0.05) is 34.1 Å². The largest absolute Gasteiger partial charge is 0.384 e. The zero-order chi connectivity index (χ0) is 12.5. The Kier molecular flexibility index (Phi) is 3.04. The summed E-state index contributed by atoms with van der Waals surface area (Å²) in [6.07, 6.45) is 3.17. The summed E-state index contributed by atoms with van der Waals surface area (Å²) in [6.45, 7) is 0. The first-order valence-corrected chi connectivity index (χ1v) is 6.88. The van der Waals surface area contributed by atoms with Crippen LogP contribution in [-0.4, -0.2) is 9.97 Å². The lowest BCUT2D eigenvalue weighted by Gasteiger charge is -2.06. The van der Waals surface area contributed by atoms with E-state index in [9.17, 15) is 0 Å². The third kappa shape index (κ3) is 2.53. The zero-order valence-electron chi connectivity index (χ0n) is 9.94. The molecule has 0 radical (unpaired) electrons. The molecule has 0 unspecified atom stereocenters. The minimum atomic E-state index is 0.578. The van der Waals surface area contributed by atoms with Crippen molar-refractivity contribution in [1.82, 2.24) is 9.97 Å². The fraction of sp³-hybridized carbons (Fsp3) is 0.286. The monoisotopic (exact) mass is 303 g/mol. The predicted molar refractivity (Wildman–Crippen MR) is 75.4 cm³/mol. The average molecular weight is 304 g/mol. The normalized spacial score (nSPS) is 14.7. The third-order valence-electron chi connectivity index (χ3n) is 3.11. The van der Waals surface area contributed by atoms with Crippen molar-refractivity contribution in [2.75, 3.05) is 5.73 Å². The second kappa shape index (κ2) is 4.69. The van der Waals surface area contributed by atoms with Crippen molar-refractivity contribution in [3.05, 3.63) is 51.9 Å². The number of benzene rings is 1. The summed E-state index contributed by atoms with van der Waals surface area (Å²) in [7, 11) is 0. The number of hydrogen-bond acceptors (Lipinski definition) is 3. The topological polar surface area (TPSA) is 51.8 Å². The van der Waals surface area contributed by atoms with Gasteiger partial charge in [0.05, 0.1) is 0 Å². The number of halogens is 1. The Morgan fingerprint density at radius 2 is 2.00 bits per heavy atom. The van der Waals surface area contributed by atoms with Gasteiger partial charge in [-0.3, -0.25) is 0 Å². The van der Waals surface area contributed by atoms with Crippen molar-refractivity contribution >= 4 is 21.7 Å². The van der Waals surface area contributed by atoms with Gasteiger partial charge in [0.25, 0.3) is 0 Å². The number of nitrogens with two attached hydrogens (primary N) is 1. The molecular formula is C14H14BrN3. The molecule has 0 saturated heterocycles. The lowest BCUT2D eigenvalue weighted by molar-refractivity contribution is 0.903. The van der Waals surface area contributed by atoms with Gasteiger partial charge in [0, 0.05) is 28.6 Å². The highest BCUT2D eigenvalue weighted by Gasteiger charge is 2.25. The summed E-state index contributed by atoms with van der Waals surface area (Å²) in [5, 5.41) is 0. The van der Waals surface area contributed by atoms with E-state index in [1.54, 1.807) is 0 Å². The molecule has 1 aliphatic rings. The Labute approximate surface area is 115 Å². The summed E-state index contributed by atoms with van der Waals surface area (Å²) < 4.78 is 1.09. The summed E-state index contributed by atoms with van der Waals surface area (Å²) >= 11 is 3.55. The quantitative estimate of drug-likeness (QED) is 0.946. The van der Waals surface area contributed by atoms with Crippen LogP contribution in [0.4, 0.5) is 5.82 Å². The molecule has 1 aliphatic carbocycles. The van der Waals surface area contributed by atoms with Crippen LogP contribution in [0.5, 0.6) is 0 Å². The van der Waals surface area contributed by atoms with Crippen LogP contribution in [0, 0.1) is 0 Å². The van der Waals surface area contributed by atoms with Crippen molar-refractivity contribution in [3.8, 4) is 0 Å². The highest BCUT2D eigenvalue weighted by atomic mass is 79.9. The van der Waals surface area contributed by atoms with Crippen molar-refractivity contribution in [3.63, 3.8) is 0 Å². The van der Waals surface area contributed by atoms with Gasteiger partial charge in [-0.05, 0) is 24.5 Å². The van der Waals surface area contributed by atoms with Crippen molar-refractivity contribution < 1.29 is 0 Å². The first-order valence-electron chi connectivity index (χ1n) is 6.09. The predicted octanol–water partition coefficient (Wildman–Crippen LogP) is 3.29. The number of hydrogen-bond donors (Lipinski definition) is 1. The van der Waals surface area contributed by atoms with Gasteiger partial charge in [0.15, 0.2) is 0 Å². The van der Waals surface area contributed by atoms with Gasteiger partial charge in [-0.15, -0.1) is 0 Å². The molecule has 0 bridgehead atoms. The van der Waals surface area contributed by atoms with Crippen molar-refractivity contribution in [2.45, 2.75) is 25.2 Å². The Morgan fingerprint density at radius 3 is 2.72 bits per heavy atom. The standard InChI is InChI=1S/C14H14BrN3/c15-11-4-2-1-3-10(11)7-14-17-12(9-5-6-9)8-13(16)18-14/h1-4,8-9H,5-7H2,(H2,16,17,18). The molecule has 3 rings (SSSR count). The van der Waals surface area contributed by atoms with E-state index in [2.05, 4.69) is 32.0 Å². The van der Waals surface area contributed by atoms with Crippen LogP contribution >= 0.6 is 15.9 Å². The molecule has 1 heterocycles. The zero-order valence-corrected chi connectivity index (χ0v) is 11.5. The van der Waals surface area contributed by atoms with Crippen molar-refractivity contribution in [2.24, 2.45) is 0 Å². The van der Waals surface area contributed by atoms with Crippen molar-refractivity contribution in [1.29, 1.82) is 0 Å². The summed E-state index contributed by atoms with van der Waals surface area (Å²) in [5.74, 6) is 1.99. The van der Waals surface area contributed by atoms with Gasteiger partial charge in [0.1, 0.15) is 11.6 Å². The maximum atomic E-state index is 5.85. The highest BCUT2D eigenvalue weighted by molar-refractivity contribution is 9.10. The van der Waals surface area contributed by atoms with Gasteiger partial charge >= 0.3 is 0 Å². The fourth-order valence-electron chi connectivity index (χ4n) is 2.02. The van der Waals surface area contributed by atoms with E-state index >= 15 is 0 Å². The average Bonchev–Trinajstić information content (AvgIpc) is 3.15. The SMILES string of the molecule is Nc1cc(C2CC2)nc(Cc2ccccc2Br)n1. The molecule has 2 N–H and O–H groups in total. The summed E-state index contributed by atoms with van der Waals surface area (Å²) in [6, 6.07) is 10.0. The van der Waals surface area contributed by atoms with E-state index in [-0.39, 0.29) is 0 Å². The Hall–Kier alpha value is -1.42. The molecule has 0 amide bonds. The van der Waals surface area contributed by atoms with Crippen LogP contribution < -0.4 is 5.73 Å². The van der Waals surface area contributed by atoms with E-state index in [1.807, 2.05) is 24.3 Å². The van der Waals surface area contributed by atoms with Gasteiger partial charge in [0.2, 0.25) is 0 Å². The molecular weight excluding hydrogens is 290 g/mol. The van der Waals surface area contributed by atoms with E-state index in [0.29, 0.717) is 18.2 Å². The number of nitrogens with zero attached hydrogens (tertiary/aromatic N) is 2. The third-order valence-corrected chi connectivity index (χ3v) is 3.89. The van der Waals surface area contributed by atoms with E-state index in [4.69, 9.17) is 5.73 Å². The number of anilines is 1. The first kappa shape index (κ1) is 11.7. The van der Waals surface area contributed by atoms with Gasteiger partial charge in [-0.2, -0.15) is 0 Å². The highest BCUT2D eigenvalue weighted by Crippen LogP contribution is 2.39. The maximum absolute atomic E-state index is 5.85. The molecule has 3 nitrogen and oxygen atoms in total. The maximum Gasteiger partial charge on any atom is 0.135 e. The fourth-order valence-corrected chi connectivity index (χ4v) is 2.44. The second-order valence-electron chi connectivity index (χ2n) is 4.68. The van der Waals surface area contributed by atoms with E-state index in [1.165, 1.54) is 18.4 Å². The molecule has 0 aliphatic heterocycles. The van der Waals surface area contributed by atoms with E-state index in [0.717, 1.165) is 16.0 Å². The number of aromatic nitrogens is 2. The molecule has 0 spiro atoms. The van der Waals surface area contributed by atoms with Crippen LogP contribution in [0.25, 0.3) is 0 Å². The second-order valence-corrected chi connectivity index (χ2v) is 5.53. The molecule has 2 aromatic rings. The number of rotatable bonds is 3. The molecule has 0 atom stereocenters. The molecule has 1 aromatic carbocycles. The molecule has 1 saturated carbocycles. The first-order chi connectivity index (χ1) is 8.72. The van der Waals surface area contributed by atoms with Crippen LogP contribution in [0.1, 0.15) is 35.8 Å². The minimum absolute atomic E-state index is 0.578. The molecule has 92 valence electrons. The Balaban J connectivity index is 1.90. The van der Waals surface area contributed by atoms with E-state index < -0.39 is 0 Å². The molecule has 4 heteroatoms. The molecule has 1 aromatic heterocycles. The van der Waals surface area contributed by atoms with Gasteiger partial charge in [-0.25, -0.2) is 9.97 Å². The summed E-state index contributed by atoms with van der Waals surface area (Å²) in [5.41, 5.74) is 8.14. The molecule has 18 heavy (non-hydrogen) atoms. The van der Waals surface area contributed by atoms with Crippen LogP contribution in [-0.2, 0) is 6.42 Å². The van der Waals surface area contributed by atoms with Crippen LogP contribution in [0.3, 0.4) is 0 Å². The minimum Gasteiger partial charge on any atom is -0.384 e. The molecule has 1 fully saturated rings. The van der Waals surface area contributed by atoms with Crippen LogP contribution in [0.15, 0.2) is 34.8 Å². The number of nitrogen functional groups attached to an aromatic ring is 1. The Bertz CT molecular complexity index is 579. The lowest BCUT2D eigenvalue weighted by Crippen LogP contribution is -2.04. The Morgan fingerprint density at radius 1 is 1.22 bits per heavy atom. The van der Waals surface area contributed by atoms with Crippen LogP contribution in [0.2, 0.25) is 0 Å². The summed E-state index contributed by atoms with van der Waals surface area (Å²) in [4.78, 5) is 8.95. The van der Waals surface area contributed by atoms with Gasteiger partial charge < -0.3 is 5.73 Å².